The highest BCUT2D eigenvalue weighted by Gasteiger charge is 2.02. The molecular formula is C12H9NO2S. The molecule has 0 aromatic carbocycles. The number of hydrogen-bond donors (Lipinski definition) is 1. The lowest BCUT2D eigenvalue weighted by atomic mass is 10.2. The first kappa shape index (κ1) is 10.6. The fourth-order valence-corrected chi connectivity index (χ4v) is 1.84. The third kappa shape index (κ3) is 2.55. The topological polar surface area (TPSA) is 50.2 Å². The summed E-state index contributed by atoms with van der Waals surface area (Å²) in [6, 6.07) is 8.89. The highest BCUT2D eigenvalue weighted by Crippen LogP contribution is 2.12. The molecule has 2 aromatic heterocycles. The summed E-state index contributed by atoms with van der Waals surface area (Å²) >= 11 is 1.62. The van der Waals surface area contributed by atoms with Gasteiger partial charge in [0.1, 0.15) is 5.69 Å². The Morgan fingerprint density at radius 3 is 2.81 bits per heavy atom. The number of aromatic carboxylic acids is 1. The van der Waals surface area contributed by atoms with Gasteiger partial charge in [0.25, 0.3) is 0 Å². The van der Waals surface area contributed by atoms with Crippen molar-refractivity contribution >= 4 is 29.5 Å². The van der Waals surface area contributed by atoms with Crippen molar-refractivity contribution in [3.63, 3.8) is 0 Å². The van der Waals surface area contributed by atoms with Crippen molar-refractivity contribution in [1.29, 1.82) is 0 Å². The average molecular weight is 231 g/mol. The molecule has 0 saturated heterocycles. The summed E-state index contributed by atoms with van der Waals surface area (Å²) in [5.74, 6) is -1.01. The first-order chi connectivity index (χ1) is 7.75. The van der Waals surface area contributed by atoms with E-state index in [9.17, 15) is 4.79 Å². The maximum atomic E-state index is 10.7. The Bertz CT molecular complexity index is 518. The molecule has 0 fully saturated rings. The van der Waals surface area contributed by atoms with Crippen molar-refractivity contribution in [2.75, 3.05) is 0 Å². The smallest absolute Gasteiger partial charge is 0.354 e. The van der Waals surface area contributed by atoms with Crippen molar-refractivity contribution in [3.05, 3.63) is 52.0 Å². The van der Waals surface area contributed by atoms with Crippen LogP contribution in [0, 0.1) is 0 Å². The maximum Gasteiger partial charge on any atom is 0.354 e. The lowest BCUT2D eigenvalue weighted by molar-refractivity contribution is 0.0690. The average Bonchev–Trinajstić information content (AvgIpc) is 2.79. The van der Waals surface area contributed by atoms with Gasteiger partial charge in [-0.1, -0.05) is 12.1 Å². The number of carboxylic acid groups (broad SMARTS) is 1. The molecule has 0 bridgehead atoms. The zero-order chi connectivity index (χ0) is 11.4. The SMILES string of the molecule is O=C(O)c1cccc(/C=C/c2cccs2)n1. The molecule has 3 nitrogen and oxygen atoms in total. The number of aromatic nitrogens is 1. The van der Waals surface area contributed by atoms with Gasteiger partial charge in [-0.05, 0) is 35.7 Å². The first-order valence-corrected chi connectivity index (χ1v) is 5.55. The van der Waals surface area contributed by atoms with Crippen molar-refractivity contribution < 1.29 is 9.90 Å². The number of pyridine rings is 1. The van der Waals surface area contributed by atoms with Gasteiger partial charge in [0.15, 0.2) is 0 Å². The Labute approximate surface area is 96.7 Å². The molecule has 0 aliphatic carbocycles. The zero-order valence-electron chi connectivity index (χ0n) is 8.33. The Hall–Kier alpha value is -1.94. The van der Waals surface area contributed by atoms with Gasteiger partial charge in [-0.3, -0.25) is 0 Å². The summed E-state index contributed by atoms with van der Waals surface area (Å²) < 4.78 is 0. The van der Waals surface area contributed by atoms with Gasteiger partial charge in [-0.25, -0.2) is 9.78 Å². The van der Waals surface area contributed by atoms with Crippen LogP contribution in [0.25, 0.3) is 12.2 Å². The van der Waals surface area contributed by atoms with Gasteiger partial charge in [0, 0.05) is 4.88 Å². The molecule has 0 aliphatic rings. The lowest BCUT2D eigenvalue weighted by Crippen LogP contribution is -2.00. The van der Waals surface area contributed by atoms with Crippen LogP contribution in [0.2, 0.25) is 0 Å². The van der Waals surface area contributed by atoms with Gasteiger partial charge in [-0.15, -0.1) is 11.3 Å². The van der Waals surface area contributed by atoms with Crippen LogP contribution in [0.15, 0.2) is 35.7 Å². The summed E-state index contributed by atoms with van der Waals surface area (Å²) in [5.41, 5.74) is 0.710. The number of nitrogens with zero attached hydrogens (tertiary/aromatic N) is 1. The predicted octanol–water partition coefficient (Wildman–Crippen LogP) is 3.01. The Morgan fingerprint density at radius 1 is 1.25 bits per heavy atom. The minimum absolute atomic E-state index is 0.0633. The molecule has 0 aliphatic heterocycles. The standard InChI is InChI=1S/C12H9NO2S/c14-12(15)11-5-1-3-9(13-11)6-7-10-4-2-8-16-10/h1-8H,(H,14,15)/b7-6+. The van der Waals surface area contributed by atoms with Crippen LogP contribution in [0.4, 0.5) is 0 Å². The van der Waals surface area contributed by atoms with E-state index in [4.69, 9.17) is 5.11 Å². The van der Waals surface area contributed by atoms with Crippen LogP contribution in [0.5, 0.6) is 0 Å². The molecule has 0 saturated carbocycles. The molecule has 16 heavy (non-hydrogen) atoms. The summed E-state index contributed by atoms with van der Waals surface area (Å²) in [6.07, 6.45) is 3.72. The second-order valence-corrected chi connectivity index (χ2v) is 4.08. The largest absolute Gasteiger partial charge is 0.477 e. The molecule has 0 spiro atoms. The molecule has 2 aromatic rings. The van der Waals surface area contributed by atoms with E-state index in [0.29, 0.717) is 5.69 Å². The summed E-state index contributed by atoms with van der Waals surface area (Å²) in [4.78, 5) is 15.8. The highest BCUT2D eigenvalue weighted by atomic mass is 32.1. The van der Waals surface area contributed by atoms with Gasteiger partial charge >= 0.3 is 5.97 Å². The van der Waals surface area contributed by atoms with Crippen molar-refractivity contribution in [2.45, 2.75) is 0 Å². The fraction of sp³-hybridized carbons (Fsp3) is 0. The molecule has 80 valence electrons. The molecule has 4 heteroatoms. The fourth-order valence-electron chi connectivity index (χ4n) is 1.22. The van der Waals surface area contributed by atoms with Crippen LogP contribution in [-0.2, 0) is 0 Å². The van der Waals surface area contributed by atoms with E-state index in [-0.39, 0.29) is 5.69 Å². The number of hydrogen-bond acceptors (Lipinski definition) is 3. The number of rotatable bonds is 3. The van der Waals surface area contributed by atoms with E-state index in [2.05, 4.69) is 4.98 Å². The van der Waals surface area contributed by atoms with E-state index in [1.165, 1.54) is 6.07 Å². The third-order valence-electron chi connectivity index (χ3n) is 1.95. The Morgan fingerprint density at radius 2 is 2.12 bits per heavy atom. The van der Waals surface area contributed by atoms with Gasteiger partial charge < -0.3 is 5.11 Å². The Balaban J connectivity index is 2.22. The molecule has 1 N–H and O–H groups in total. The maximum absolute atomic E-state index is 10.7. The van der Waals surface area contributed by atoms with Crippen LogP contribution < -0.4 is 0 Å². The normalized spacial score (nSPS) is 10.8. The van der Waals surface area contributed by atoms with Crippen molar-refractivity contribution in [3.8, 4) is 0 Å². The van der Waals surface area contributed by atoms with Crippen molar-refractivity contribution in [2.24, 2.45) is 0 Å². The molecule has 0 atom stereocenters. The number of thiophene rings is 1. The predicted molar refractivity (Wildman–Crippen MR) is 64.4 cm³/mol. The van der Waals surface area contributed by atoms with Crippen LogP contribution in [0.3, 0.4) is 0 Å². The first-order valence-electron chi connectivity index (χ1n) is 4.67. The zero-order valence-corrected chi connectivity index (χ0v) is 9.15. The Kier molecular flexibility index (Phi) is 3.12. The third-order valence-corrected chi connectivity index (χ3v) is 2.79. The molecule has 0 radical (unpaired) electrons. The number of carboxylic acids is 1. The molecule has 0 amide bonds. The van der Waals surface area contributed by atoms with E-state index in [1.54, 1.807) is 29.5 Å². The number of carbonyl (C=O) groups is 1. The monoisotopic (exact) mass is 231 g/mol. The lowest BCUT2D eigenvalue weighted by Gasteiger charge is -1.95. The molecule has 2 heterocycles. The summed E-state index contributed by atoms with van der Waals surface area (Å²) in [7, 11) is 0. The second-order valence-electron chi connectivity index (χ2n) is 3.10. The minimum atomic E-state index is -1.01. The molecule has 0 unspecified atom stereocenters. The van der Waals surface area contributed by atoms with Gasteiger partial charge in [-0.2, -0.15) is 0 Å². The second kappa shape index (κ2) is 4.72. The van der Waals surface area contributed by atoms with Crippen LogP contribution >= 0.6 is 11.3 Å². The molecular weight excluding hydrogens is 222 g/mol. The van der Waals surface area contributed by atoms with E-state index < -0.39 is 5.97 Å². The highest BCUT2D eigenvalue weighted by molar-refractivity contribution is 7.10. The summed E-state index contributed by atoms with van der Waals surface area (Å²) in [6.45, 7) is 0. The minimum Gasteiger partial charge on any atom is -0.477 e. The van der Waals surface area contributed by atoms with Crippen LogP contribution in [0.1, 0.15) is 21.1 Å². The van der Waals surface area contributed by atoms with Gasteiger partial charge in [0.2, 0.25) is 0 Å². The summed E-state index contributed by atoms with van der Waals surface area (Å²) in [5, 5.41) is 10.8. The quantitative estimate of drug-likeness (QED) is 0.883. The molecule has 2 rings (SSSR count). The van der Waals surface area contributed by atoms with E-state index >= 15 is 0 Å². The van der Waals surface area contributed by atoms with Crippen LogP contribution in [-0.4, -0.2) is 16.1 Å². The van der Waals surface area contributed by atoms with E-state index in [1.807, 2.05) is 23.6 Å². The van der Waals surface area contributed by atoms with E-state index in [0.717, 1.165) is 4.88 Å². The van der Waals surface area contributed by atoms with Gasteiger partial charge in [0.05, 0.1) is 5.69 Å². The van der Waals surface area contributed by atoms with Crippen molar-refractivity contribution in [1.82, 2.24) is 4.98 Å².